The molecule has 106 valence electrons. The fourth-order valence-electron chi connectivity index (χ4n) is 2.06. The highest BCUT2D eigenvalue weighted by molar-refractivity contribution is 9.10. The van der Waals surface area contributed by atoms with Crippen LogP contribution in [0.5, 0.6) is 5.75 Å². The zero-order valence-electron chi connectivity index (χ0n) is 11.3. The van der Waals surface area contributed by atoms with Gasteiger partial charge in [-0.05, 0) is 18.1 Å². The number of aromatic nitrogens is 1. The molecule has 1 N–H and O–H groups in total. The van der Waals surface area contributed by atoms with E-state index in [4.69, 9.17) is 14.4 Å². The average Bonchev–Trinajstić information content (AvgIpc) is 2.86. The average molecular weight is 340 g/mol. The number of ether oxygens (including phenoxy) is 1. The van der Waals surface area contributed by atoms with Gasteiger partial charge in [0.25, 0.3) is 0 Å². The molecular weight excluding hydrogens is 326 g/mol. The molecule has 0 aliphatic rings. The smallest absolute Gasteiger partial charge is 0.358 e. The van der Waals surface area contributed by atoms with E-state index in [2.05, 4.69) is 21.1 Å². The third-order valence-corrected chi connectivity index (χ3v) is 3.36. The van der Waals surface area contributed by atoms with Gasteiger partial charge in [-0.3, -0.25) is 0 Å². The van der Waals surface area contributed by atoms with Gasteiger partial charge in [0.1, 0.15) is 5.75 Å². The second-order valence-corrected chi connectivity index (χ2v) is 5.52. The first-order chi connectivity index (χ1) is 9.43. The molecule has 1 aromatic heterocycles. The van der Waals surface area contributed by atoms with Gasteiger partial charge in [-0.2, -0.15) is 0 Å². The highest BCUT2D eigenvalue weighted by Gasteiger charge is 2.20. The standard InChI is InChI=1S/C14H14BrNO4/c1-7(2)13-9(4-8(15)5-12(13)19-3)11-6-10(14(17)18)16-20-11/h4-7H,1-3H3,(H,17,18). The molecule has 0 aliphatic carbocycles. The summed E-state index contributed by atoms with van der Waals surface area (Å²) in [6.45, 7) is 4.06. The summed E-state index contributed by atoms with van der Waals surface area (Å²) in [5, 5.41) is 12.5. The Bertz CT molecular complexity index is 649. The van der Waals surface area contributed by atoms with E-state index in [1.54, 1.807) is 7.11 Å². The summed E-state index contributed by atoms with van der Waals surface area (Å²) in [6.07, 6.45) is 0. The summed E-state index contributed by atoms with van der Waals surface area (Å²) in [7, 11) is 1.60. The summed E-state index contributed by atoms with van der Waals surface area (Å²) in [5.74, 6) is 0.197. The van der Waals surface area contributed by atoms with Crippen molar-refractivity contribution in [2.45, 2.75) is 19.8 Å². The molecule has 1 heterocycles. The predicted octanol–water partition coefficient (Wildman–Crippen LogP) is 3.93. The number of benzene rings is 1. The third-order valence-electron chi connectivity index (χ3n) is 2.90. The molecule has 0 aliphatic heterocycles. The Kier molecular flexibility index (Phi) is 4.13. The van der Waals surface area contributed by atoms with Gasteiger partial charge in [-0.1, -0.05) is 34.9 Å². The van der Waals surface area contributed by atoms with Gasteiger partial charge in [0, 0.05) is 21.7 Å². The number of rotatable bonds is 4. The maximum absolute atomic E-state index is 10.9. The van der Waals surface area contributed by atoms with E-state index < -0.39 is 5.97 Å². The molecule has 1 aromatic carbocycles. The molecule has 20 heavy (non-hydrogen) atoms. The van der Waals surface area contributed by atoms with E-state index in [0.717, 1.165) is 21.3 Å². The van der Waals surface area contributed by atoms with Crippen molar-refractivity contribution in [1.82, 2.24) is 5.16 Å². The van der Waals surface area contributed by atoms with Crippen LogP contribution in [0.2, 0.25) is 0 Å². The number of hydrogen-bond acceptors (Lipinski definition) is 4. The van der Waals surface area contributed by atoms with Gasteiger partial charge in [0.05, 0.1) is 7.11 Å². The van der Waals surface area contributed by atoms with Crippen LogP contribution in [0.4, 0.5) is 0 Å². The summed E-state index contributed by atoms with van der Waals surface area (Å²) >= 11 is 3.41. The molecule has 2 rings (SSSR count). The normalized spacial score (nSPS) is 10.8. The Morgan fingerprint density at radius 3 is 2.60 bits per heavy atom. The molecule has 0 spiro atoms. The van der Waals surface area contributed by atoms with Gasteiger partial charge >= 0.3 is 5.97 Å². The molecule has 5 nitrogen and oxygen atoms in total. The first-order valence-electron chi connectivity index (χ1n) is 6.01. The molecule has 6 heteroatoms. The zero-order valence-corrected chi connectivity index (χ0v) is 12.9. The summed E-state index contributed by atoms with van der Waals surface area (Å²) in [6, 6.07) is 5.15. The molecule has 0 bridgehead atoms. The van der Waals surface area contributed by atoms with Crippen LogP contribution in [0.3, 0.4) is 0 Å². The highest BCUT2D eigenvalue weighted by atomic mass is 79.9. The van der Waals surface area contributed by atoms with Crippen LogP contribution in [-0.2, 0) is 0 Å². The van der Waals surface area contributed by atoms with E-state index in [1.807, 2.05) is 26.0 Å². The summed E-state index contributed by atoms with van der Waals surface area (Å²) in [5.41, 5.74) is 1.60. The van der Waals surface area contributed by atoms with Gasteiger partial charge in [0.2, 0.25) is 0 Å². The zero-order chi connectivity index (χ0) is 14.9. The third kappa shape index (κ3) is 2.70. The lowest BCUT2D eigenvalue weighted by Gasteiger charge is -2.16. The molecule has 0 saturated heterocycles. The fourth-order valence-corrected chi connectivity index (χ4v) is 2.50. The Hall–Kier alpha value is -1.82. The fraction of sp³-hybridized carbons (Fsp3) is 0.286. The van der Waals surface area contributed by atoms with Crippen molar-refractivity contribution in [3.05, 3.63) is 33.9 Å². The van der Waals surface area contributed by atoms with Crippen LogP contribution in [-0.4, -0.2) is 23.3 Å². The van der Waals surface area contributed by atoms with Crippen LogP contribution < -0.4 is 4.74 Å². The largest absolute Gasteiger partial charge is 0.496 e. The van der Waals surface area contributed by atoms with E-state index in [9.17, 15) is 4.79 Å². The van der Waals surface area contributed by atoms with Crippen molar-refractivity contribution in [3.63, 3.8) is 0 Å². The Morgan fingerprint density at radius 1 is 1.40 bits per heavy atom. The lowest BCUT2D eigenvalue weighted by molar-refractivity contribution is 0.0686. The number of hydrogen-bond donors (Lipinski definition) is 1. The van der Waals surface area contributed by atoms with E-state index >= 15 is 0 Å². The van der Waals surface area contributed by atoms with Crippen molar-refractivity contribution in [3.8, 4) is 17.1 Å². The maximum Gasteiger partial charge on any atom is 0.358 e. The molecule has 2 aromatic rings. The molecule has 0 unspecified atom stereocenters. The number of halogens is 1. The summed E-state index contributed by atoms with van der Waals surface area (Å²) in [4.78, 5) is 10.9. The van der Waals surface area contributed by atoms with Gasteiger partial charge in [-0.15, -0.1) is 0 Å². The van der Waals surface area contributed by atoms with E-state index in [-0.39, 0.29) is 11.6 Å². The van der Waals surface area contributed by atoms with E-state index in [1.165, 1.54) is 6.07 Å². The first kappa shape index (κ1) is 14.6. The lowest BCUT2D eigenvalue weighted by Crippen LogP contribution is -1.98. The highest BCUT2D eigenvalue weighted by Crippen LogP contribution is 2.39. The summed E-state index contributed by atoms with van der Waals surface area (Å²) < 4.78 is 11.4. The topological polar surface area (TPSA) is 72.6 Å². The van der Waals surface area contributed by atoms with Crippen molar-refractivity contribution >= 4 is 21.9 Å². The van der Waals surface area contributed by atoms with Crippen molar-refractivity contribution in [2.24, 2.45) is 0 Å². The predicted molar refractivity (Wildman–Crippen MR) is 77.2 cm³/mol. The molecule has 0 atom stereocenters. The minimum atomic E-state index is -1.12. The van der Waals surface area contributed by atoms with Crippen molar-refractivity contribution < 1.29 is 19.2 Å². The first-order valence-corrected chi connectivity index (χ1v) is 6.81. The van der Waals surface area contributed by atoms with Gasteiger partial charge < -0.3 is 14.4 Å². The number of methoxy groups -OCH3 is 1. The number of aromatic carboxylic acids is 1. The van der Waals surface area contributed by atoms with Crippen LogP contribution in [0.1, 0.15) is 35.8 Å². The molecule has 0 amide bonds. The number of carboxylic acids is 1. The Morgan fingerprint density at radius 2 is 2.10 bits per heavy atom. The minimum Gasteiger partial charge on any atom is -0.496 e. The Balaban J connectivity index is 2.64. The second-order valence-electron chi connectivity index (χ2n) is 4.61. The minimum absolute atomic E-state index is 0.117. The van der Waals surface area contributed by atoms with Crippen LogP contribution >= 0.6 is 15.9 Å². The Labute approximate surface area is 124 Å². The number of carboxylic acid groups (broad SMARTS) is 1. The van der Waals surface area contributed by atoms with Gasteiger partial charge in [-0.25, -0.2) is 4.79 Å². The number of nitrogens with zero attached hydrogens (tertiary/aromatic N) is 1. The molecule has 0 radical (unpaired) electrons. The second kappa shape index (κ2) is 5.66. The van der Waals surface area contributed by atoms with Crippen molar-refractivity contribution in [1.29, 1.82) is 0 Å². The van der Waals surface area contributed by atoms with Crippen LogP contribution in [0.25, 0.3) is 11.3 Å². The molecular formula is C14H14BrNO4. The van der Waals surface area contributed by atoms with Crippen LogP contribution in [0.15, 0.2) is 27.2 Å². The van der Waals surface area contributed by atoms with Gasteiger partial charge in [0.15, 0.2) is 11.5 Å². The lowest BCUT2D eigenvalue weighted by atomic mass is 9.94. The quantitative estimate of drug-likeness (QED) is 0.913. The molecule has 0 fully saturated rings. The van der Waals surface area contributed by atoms with E-state index in [0.29, 0.717) is 5.76 Å². The molecule has 0 saturated carbocycles. The monoisotopic (exact) mass is 339 g/mol. The maximum atomic E-state index is 10.9. The van der Waals surface area contributed by atoms with Crippen LogP contribution in [0, 0.1) is 0 Å². The SMILES string of the molecule is COc1cc(Br)cc(-c2cc(C(=O)O)no2)c1C(C)C. The number of carbonyl (C=O) groups is 1. The van der Waals surface area contributed by atoms with Crippen molar-refractivity contribution in [2.75, 3.05) is 7.11 Å².